The van der Waals surface area contributed by atoms with Gasteiger partial charge in [-0.15, -0.1) is 0 Å². The Morgan fingerprint density at radius 2 is 1.24 bits per heavy atom. The van der Waals surface area contributed by atoms with Gasteiger partial charge in [-0.3, -0.25) is 0 Å². The van der Waals surface area contributed by atoms with Crippen LogP contribution in [0, 0.1) is 0 Å². The molecule has 0 aliphatic carbocycles. The van der Waals surface area contributed by atoms with Gasteiger partial charge in [0.15, 0.2) is 10.1 Å². The van der Waals surface area contributed by atoms with Crippen LogP contribution in [0.1, 0.15) is 19.8 Å². The fraction of sp³-hybridized carbons (Fsp3) is 0.786. The van der Waals surface area contributed by atoms with E-state index < -0.39 is 45.2 Å². The van der Waals surface area contributed by atoms with E-state index in [-0.39, 0.29) is 0 Å². The average Bonchev–Trinajstić information content (AvgIpc) is 3.03. The number of nitrogens with zero attached hydrogens (tertiary/aromatic N) is 2. The Hall–Kier alpha value is -1.79. The summed E-state index contributed by atoms with van der Waals surface area (Å²) in [5.41, 5.74) is 0. The molecule has 5 nitrogen and oxygen atoms in total. The number of imidazole rings is 1. The first kappa shape index (κ1) is 31.2. The first-order chi connectivity index (χ1) is 14.3. The van der Waals surface area contributed by atoms with E-state index >= 15 is 0 Å². The van der Waals surface area contributed by atoms with E-state index in [1.807, 2.05) is 7.05 Å². The minimum atomic E-state index is -8.29. The van der Waals surface area contributed by atoms with Gasteiger partial charge >= 0.3 is 35.1 Å². The zero-order chi connectivity index (χ0) is 26.9. The quantitative estimate of drug-likeness (QED) is 0.281. The van der Waals surface area contributed by atoms with E-state index in [0.717, 1.165) is 6.54 Å². The minimum absolute atomic E-state index is 1.15. The Morgan fingerprint density at radius 3 is 1.55 bits per heavy atom. The van der Waals surface area contributed by atoms with Gasteiger partial charge in [0.1, 0.15) is 12.4 Å². The van der Waals surface area contributed by atoms with Crippen LogP contribution in [0.5, 0.6) is 0 Å². The summed E-state index contributed by atoms with van der Waals surface area (Å²) in [4.78, 5) is 0. The Kier molecular flexibility index (Phi) is 8.94. The molecule has 0 unspecified atom stereocenters. The molecule has 0 aliphatic heterocycles. The molecule has 0 saturated heterocycles. The smallest absolute Gasteiger partial charge is 0.460 e. The van der Waals surface area contributed by atoms with Crippen LogP contribution in [-0.2, 0) is 23.7 Å². The number of unbranched alkanes of at least 4 members (excludes halogenated alkanes) is 1. The molecular formula is C14H15F13N2O3S. The second kappa shape index (κ2) is 9.46. The van der Waals surface area contributed by atoms with Crippen molar-refractivity contribution in [3.8, 4) is 0 Å². The van der Waals surface area contributed by atoms with Gasteiger partial charge in [0.25, 0.3) is 0 Å². The molecule has 33 heavy (non-hydrogen) atoms. The molecule has 0 radical (unpaired) electrons. The van der Waals surface area contributed by atoms with Crippen molar-refractivity contribution in [3.05, 3.63) is 18.7 Å². The lowest BCUT2D eigenvalue weighted by atomic mass is 9.98. The highest BCUT2D eigenvalue weighted by atomic mass is 32.2. The molecule has 0 aromatic carbocycles. The van der Waals surface area contributed by atoms with Gasteiger partial charge in [-0.25, -0.2) is 17.6 Å². The van der Waals surface area contributed by atoms with Crippen LogP contribution in [0.15, 0.2) is 18.7 Å². The maximum absolute atomic E-state index is 12.7. The topological polar surface area (TPSA) is 66.0 Å². The molecule has 0 aliphatic rings. The molecule has 1 heterocycles. The third-order valence-electron chi connectivity index (χ3n) is 3.81. The zero-order valence-electron chi connectivity index (χ0n) is 16.3. The minimum Gasteiger partial charge on any atom is -0.743 e. The monoisotopic (exact) mass is 538 g/mol. The second-order valence-corrected chi connectivity index (χ2v) is 7.86. The maximum atomic E-state index is 12.7. The number of rotatable bonds is 8. The van der Waals surface area contributed by atoms with E-state index in [0.29, 0.717) is 0 Å². The highest BCUT2D eigenvalue weighted by Gasteiger charge is 2.91. The van der Waals surface area contributed by atoms with Crippen LogP contribution < -0.4 is 4.57 Å². The summed E-state index contributed by atoms with van der Waals surface area (Å²) in [7, 11) is -5.81. The zero-order valence-corrected chi connectivity index (χ0v) is 17.1. The lowest BCUT2D eigenvalue weighted by Crippen LogP contribution is -2.71. The van der Waals surface area contributed by atoms with Gasteiger partial charge in [0.05, 0.1) is 13.6 Å². The SMILES string of the molecule is CCCCn1cc[n+](C)c1.O=S(=O)([O-])C(F)(F)C(F)(F)C(F)(F)C(F)(F)C(F)(F)C(F)(F)F. The van der Waals surface area contributed by atoms with Gasteiger partial charge in [0, 0.05) is 0 Å². The Bertz CT molecular complexity index is 894. The standard InChI is InChI=1S/C8H15N2.C6HF13O3S/c1-3-4-5-10-7-6-9(2)8-10;7-1(8,3(11,12)5(15,16)17)2(9,10)4(13,14)6(18,19)23(20,21)22/h6-8H,3-5H2,1-2H3;(H,20,21,22)/q+1;/p-1. The second-order valence-electron chi connectivity index (χ2n) is 6.44. The van der Waals surface area contributed by atoms with Crippen LogP contribution in [0.3, 0.4) is 0 Å². The molecular weight excluding hydrogens is 523 g/mol. The molecule has 0 N–H and O–H groups in total. The predicted octanol–water partition coefficient (Wildman–Crippen LogP) is 4.34. The fourth-order valence-electron chi connectivity index (χ4n) is 1.89. The molecule has 0 spiro atoms. The first-order valence-corrected chi connectivity index (χ1v) is 9.66. The van der Waals surface area contributed by atoms with Crippen LogP contribution in [0.25, 0.3) is 0 Å². The number of aryl methyl sites for hydroxylation is 2. The van der Waals surface area contributed by atoms with Gasteiger partial charge in [-0.1, -0.05) is 13.3 Å². The van der Waals surface area contributed by atoms with E-state index in [9.17, 15) is 70.0 Å². The molecule has 1 rings (SSSR count). The van der Waals surface area contributed by atoms with Crippen LogP contribution in [0.2, 0.25) is 0 Å². The van der Waals surface area contributed by atoms with E-state index in [2.05, 4.69) is 34.8 Å². The van der Waals surface area contributed by atoms with E-state index in [1.165, 1.54) is 12.8 Å². The molecule has 0 fully saturated rings. The van der Waals surface area contributed by atoms with Gasteiger partial charge < -0.3 is 4.55 Å². The molecule has 0 bridgehead atoms. The molecule has 196 valence electrons. The normalized spacial score (nSPS) is 14.7. The number of aromatic nitrogens is 2. The molecule has 0 amide bonds. The van der Waals surface area contributed by atoms with Crippen molar-refractivity contribution < 1.29 is 74.6 Å². The Balaban J connectivity index is 0.000000843. The summed E-state index contributed by atoms with van der Waals surface area (Å²) in [5.74, 6) is -32.6. The summed E-state index contributed by atoms with van der Waals surface area (Å²) >= 11 is 0. The van der Waals surface area contributed by atoms with Crippen molar-refractivity contribution in [1.82, 2.24) is 4.57 Å². The van der Waals surface area contributed by atoms with Gasteiger partial charge in [-0.05, 0) is 6.42 Å². The highest BCUT2D eigenvalue weighted by Crippen LogP contribution is 2.60. The molecule has 0 atom stereocenters. The predicted molar refractivity (Wildman–Crippen MR) is 81.0 cm³/mol. The summed E-state index contributed by atoms with van der Waals surface area (Å²) in [6.45, 7) is 3.36. The first-order valence-electron chi connectivity index (χ1n) is 8.25. The summed E-state index contributed by atoms with van der Waals surface area (Å²) in [6, 6.07) is 0. The fourth-order valence-corrected chi connectivity index (χ4v) is 2.33. The van der Waals surface area contributed by atoms with Crippen molar-refractivity contribution in [2.45, 2.75) is 61.4 Å². The van der Waals surface area contributed by atoms with Crippen LogP contribution >= 0.6 is 0 Å². The molecule has 1 aromatic heterocycles. The molecule has 1 aromatic rings. The average molecular weight is 538 g/mol. The van der Waals surface area contributed by atoms with E-state index in [1.54, 1.807) is 0 Å². The summed E-state index contributed by atoms with van der Waals surface area (Å²) < 4.78 is 193. The van der Waals surface area contributed by atoms with Crippen LogP contribution in [0.4, 0.5) is 57.1 Å². The third kappa shape index (κ3) is 5.65. The van der Waals surface area contributed by atoms with Crippen LogP contribution in [-0.4, -0.2) is 52.7 Å². The summed E-state index contributed by atoms with van der Waals surface area (Å²) in [6.07, 6.45) is 1.21. The maximum Gasteiger partial charge on any atom is 0.460 e. The van der Waals surface area contributed by atoms with Crippen molar-refractivity contribution in [2.75, 3.05) is 0 Å². The number of hydrogen-bond donors (Lipinski definition) is 0. The van der Waals surface area contributed by atoms with Gasteiger partial charge in [0.2, 0.25) is 6.33 Å². The Morgan fingerprint density at radius 1 is 0.818 bits per heavy atom. The molecule has 0 saturated carbocycles. The highest BCUT2D eigenvalue weighted by molar-refractivity contribution is 7.86. The van der Waals surface area contributed by atoms with Crippen molar-refractivity contribution >= 4 is 10.1 Å². The summed E-state index contributed by atoms with van der Waals surface area (Å²) in [5, 5.41) is -7.63. The van der Waals surface area contributed by atoms with E-state index in [4.69, 9.17) is 0 Å². The van der Waals surface area contributed by atoms with Crippen molar-refractivity contribution in [3.63, 3.8) is 0 Å². The number of halogens is 13. The third-order valence-corrected chi connectivity index (χ3v) is 4.70. The molecule has 19 heteroatoms. The van der Waals surface area contributed by atoms with Crippen molar-refractivity contribution in [1.29, 1.82) is 0 Å². The van der Waals surface area contributed by atoms with Crippen molar-refractivity contribution in [2.24, 2.45) is 7.05 Å². The largest absolute Gasteiger partial charge is 0.743 e. The lowest BCUT2D eigenvalue weighted by molar-refractivity contribution is -0.671. The van der Waals surface area contributed by atoms with Gasteiger partial charge in [-0.2, -0.15) is 57.1 Å². The Labute approximate surface area is 177 Å². The number of alkyl halides is 13. The lowest BCUT2D eigenvalue weighted by Gasteiger charge is -2.39. The number of hydrogen-bond acceptors (Lipinski definition) is 3.